The van der Waals surface area contributed by atoms with E-state index in [4.69, 9.17) is 4.74 Å². The summed E-state index contributed by atoms with van der Waals surface area (Å²) < 4.78 is 5.06. The molecule has 0 bridgehead atoms. The lowest BCUT2D eigenvalue weighted by molar-refractivity contribution is -0.113. The summed E-state index contributed by atoms with van der Waals surface area (Å²) in [6.45, 7) is 0. The van der Waals surface area contributed by atoms with Gasteiger partial charge in [-0.3, -0.25) is 9.59 Å². The third kappa shape index (κ3) is 4.53. The Bertz CT molecular complexity index is 702. The van der Waals surface area contributed by atoms with Crippen molar-refractivity contribution in [2.75, 3.05) is 18.2 Å². The van der Waals surface area contributed by atoms with Gasteiger partial charge in [0.2, 0.25) is 11.8 Å². The van der Waals surface area contributed by atoms with Crippen LogP contribution in [0.25, 0.3) is 0 Å². The number of carbonyl (C=O) groups is 1. The van der Waals surface area contributed by atoms with Crippen molar-refractivity contribution < 1.29 is 14.6 Å². The third-order valence-corrected chi connectivity index (χ3v) is 3.27. The Labute approximate surface area is 124 Å². The highest BCUT2D eigenvalue weighted by molar-refractivity contribution is 7.99. The van der Waals surface area contributed by atoms with Crippen molar-refractivity contribution in [3.63, 3.8) is 0 Å². The van der Waals surface area contributed by atoms with Crippen LogP contribution in [-0.4, -0.2) is 33.8 Å². The summed E-state index contributed by atoms with van der Waals surface area (Å²) in [6, 6.07) is 7.92. The van der Waals surface area contributed by atoms with Crippen molar-refractivity contribution in [3.05, 3.63) is 40.7 Å². The van der Waals surface area contributed by atoms with Crippen LogP contribution < -0.4 is 15.6 Å². The van der Waals surface area contributed by atoms with Gasteiger partial charge in [-0.1, -0.05) is 17.8 Å². The minimum atomic E-state index is -0.474. The van der Waals surface area contributed by atoms with Gasteiger partial charge in [-0.05, 0) is 12.1 Å². The molecule has 0 atom stereocenters. The number of nitrogens with zero attached hydrogens (tertiary/aromatic N) is 1. The number of H-pyrrole nitrogens is 1. The smallest absolute Gasteiger partial charge is 0.255 e. The molecule has 1 aromatic heterocycles. The van der Waals surface area contributed by atoms with Crippen molar-refractivity contribution in [1.82, 2.24) is 9.97 Å². The normalized spacial score (nSPS) is 10.1. The number of rotatable bonds is 5. The number of hydrogen-bond acceptors (Lipinski definition) is 6. The number of ether oxygens (including phenoxy) is 1. The number of amides is 1. The number of methoxy groups -OCH3 is 1. The quantitative estimate of drug-likeness (QED) is 0.566. The number of thioether (sulfide) groups is 1. The number of nitrogens with one attached hydrogen (secondary N) is 2. The fourth-order valence-corrected chi connectivity index (χ4v) is 2.19. The molecule has 0 spiro atoms. The van der Waals surface area contributed by atoms with Crippen LogP contribution in [0, 0.1) is 0 Å². The van der Waals surface area contributed by atoms with Gasteiger partial charge in [0.15, 0.2) is 5.16 Å². The zero-order valence-corrected chi connectivity index (χ0v) is 11.9. The van der Waals surface area contributed by atoms with Crippen LogP contribution in [0.4, 0.5) is 5.69 Å². The third-order valence-electron chi connectivity index (χ3n) is 2.40. The maximum atomic E-state index is 11.8. The second-order valence-corrected chi connectivity index (χ2v) is 4.94. The van der Waals surface area contributed by atoms with E-state index in [1.54, 1.807) is 31.4 Å². The summed E-state index contributed by atoms with van der Waals surface area (Å²) in [5, 5.41) is 12.1. The molecule has 0 unspecified atom stereocenters. The van der Waals surface area contributed by atoms with E-state index in [2.05, 4.69) is 15.3 Å². The van der Waals surface area contributed by atoms with Crippen molar-refractivity contribution >= 4 is 23.4 Å². The molecule has 1 aromatic carbocycles. The van der Waals surface area contributed by atoms with Gasteiger partial charge in [-0.2, -0.15) is 4.98 Å². The Balaban J connectivity index is 1.94. The molecule has 0 radical (unpaired) electrons. The maximum Gasteiger partial charge on any atom is 0.255 e. The molecular weight excluding hydrogens is 294 g/mol. The highest BCUT2D eigenvalue weighted by Crippen LogP contribution is 2.18. The summed E-state index contributed by atoms with van der Waals surface area (Å²) in [5.41, 5.74) is 0.135. The van der Waals surface area contributed by atoms with E-state index in [9.17, 15) is 14.7 Å². The van der Waals surface area contributed by atoms with Crippen LogP contribution in [0.1, 0.15) is 0 Å². The van der Waals surface area contributed by atoms with Crippen LogP contribution in [0.3, 0.4) is 0 Å². The van der Waals surface area contributed by atoms with Gasteiger partial charge in [0.25, 0.3) is 5.56 Å². The first-order chi connectivity index (χ1) is 10.1. The lowest BCUT2D eigenvalue weighted by atomic mass is 10.3. The van der Waals surface area contributed by atoms with Crippen molar-refractivity contribution in [2.24, 2.45) is 0 Å². The van der Waals surface area contributed by atoms with E-state index in [1.165, 1.54) is 0 Å². The fraction of sp³-hybridized carbons (Fsp3) is 0.154. The summed E-state index contributed by atoms with van der Waals surface area (Å²) in [5.74, 6) is 0.0389. The number of anilines is 1. The molecule has 2 rings (SSSR count). The van der Waals surface area contributed by atoms with E-state index in [1.807, 2.05) is 0 Å². The molecule has 1 heterocycles. The molecule has 8 heteroatoms. The van der Waals surface area contributed by atoms with Crippen molar-refractivity contribution in [3.8, 4) is 11.6 Å². The summed E-state index contributed by atoms with van der Waals surface area (Å²) >= 11 is 1.02. The van der Waals surface area contributed by atoms with Crippen LogP contribution in [0.5, 0.6) is 11.6 Å². The number of carbonyl (C=O) groups excluding carboxylic acids is 1. The Kier molecular flexibility index (Phi) is 4.83. The molecule has 7 nitrogen and oxygen atoms in total. The molecule has 2 aromatic rings. The van der Waals surface area contributed by atoms with Crippen molar-refractivity contribution in [2.45, 2.75) is 5.16 Å². The Morgan fingerprint density at radius 2 is 2.29 bits per heavy atom. The molecule has 21 heavy (non-hydrogen) atoms. The largest absolute Gasteiger partial charge is 0.497 e. The van der Waals surface area contributed by atoms with Crippen LogP contribution in [0.2, 0.25) is 0 Å². The molecule has 0 aliphatic carbocycles. The average molecular weight is 307 g/mol. The molecule has 0 saturated heterocycles. The molecule has 0 fully saturated rings. The standard InChI is InChI=1S/C13H13N3O4S/c1-20-9-4-2-3-8(5-9)14-12(19)7-21-13-15-10(17)6-11(18)16-13/h2-6H,7H2,1H3,(H,14,19)(H2,15,16,17,18). The predicted octanol–water partition coefficient (Wildman–Crippen LogP) is 1.21. The number of aromatic nitrogens is 2. The summed E-state index contributed by atoms with van der Waals surface area (Å²) in [6.07, 6.45) is 0. The Hall–Kier alpha value is -2.48. The summed E-state index contributed by atoms with van der Waals surface area (Å²) in [7, 11) is 1.54. The maximum absolute atomic E-state index is 11.8. The topological polar surface area (TPSA) is 104 Å². The lowest BCUT2D eigenvalue weighted by Gasteiger charge is -2.06. The monoisotopic (exact) mass is 307 g/mol. The van der Waals surface area contributed by atoms with Gasteiger partial charge in [-0.25, -0.2) is 0 Å². The van der Waals surface area contributed by atoms with Crippen LogP contribution >= 0.6 is 11.8 Å². The van der Waals surface area contributed by atoms with Crippen LogP contribution in [0.15, 0.2) is 40.3 Å². The van der Waals surface area contributed by atoms with Gasteiger partial charge in [0, 0.05) is 11.8 Å². The highest BCUT2D eigenvalue weighted by Gasteiger charge is 2.07. The van der Waals surface area contributed by atoms with Gasteiger partial charge >= 0.3 is 0 Å². The molecular formula is C13H13N3O4S. The molecule has 110 valence electrons. The first-order valence-electron chi connectivity index (χ1n) is 5.94. The van der Waals surface area contributed by atoms with Crippen molar-refractivity contribution in [1.29, 1.82) is 0 Å². The average Bonchev–Trinajstić information content (AvgIpc) is 2.44. The molecule has 0 saturated carbocycles. The molecule has 0 aliphatic heterocycles. The Morgan fingerprint density at radius 1 is 1.48 bits per heavy atom. The van der Waals surface area contributed by atoms with Gasteiger partial charge < -0.3 is 20.1 Å². The Morgan fingerprint density at radius 3 is 3.00 bits per heavy atom. The molecule has 1 amide bonds. The van der Waals surface area contributed by atoms with Gasteiger partial charge in [0.05, 0.1) is 18.9 Å². The first kappa shape index (κ1) is 14.9. The number of aromatic hydroxyl groups is 1. The van der Waals surface area contributed by atoms with Crippen LogP contribution in [-0.2, 0) is 4.79 Å². The van der Waals surface area contributed by atoms with E-state index in [0.29, 0.717) is 11.4 Å². The first-order valence-corrected chi connectivity index (χ1v) is 6.92. The zero-order chi connectivity index (χ0) is 15.2. The second kappa shape index (κ2) is 6.80. The molecule has 3 N–H and O–H groups in total. The summed E-state index contributed by atoms with van der Waals surface area (Å²) in [4.78, 5) is 29.1. The number of aromatic amines is 1. The number of benzene rings is 1. The highest BCUT2D eigenvalue weighted by atomic mass is 32.2. The van der Waals surface area contributed by atoms with E-state index in [0.717, 1.165) is 17.8 Å². The van der Waals surface area contributed by atoms with E-state index in [-0.39, 0.29) is 22.7 Å². The lowest BCUT2D eigenvalue weighted by Crippen LogP contribution is -2.15. The minimum absolute atomic E-state index is 0.0452. The number of hydrogen-bond donors (Lipinski definition) is 3. The fourth-order valence-electron chi connectivity index (χ4n) is 1.52. The van der Waals surface area contributed by atoms with Gasteiger partial charge in [-0.15, -0.1) is 0 Å². The van der Waals surface area contributed by atoms with E-state index >= 15 is 0 Å². The molecule has 0 aliphatic rings. The predicted molar refractivity (Wildman–Crippen MR) is 78.9 cm³/mol. The minimum Gasteiger partial charge on any atom is -0.497 e. The van der Waals surface area contributed by atoms with E-state index < -0.39 is 5.56 Å². The van der Waals surface area contributed by atoms with Gasteiger partial charge in [0.1, 0.15) is 5.75 Å². The second-order valence-electron chi connectivity index (χ2n) is 3.98. The zero-order valence-electron chi connectivity index (χ0n) is 11.1. The SMILES string of the molecule is COc1cccc(NC(=O)CSc2nc(O)cc(=O)[nH]2)c1.